The largest absolute Gasteiger partial charge is 0.452 e. The number of carbonyl (C=O) groups is 2. The first-order valence-corrected chi connectivity index (χ1v) is 10.1. The van der Waals surface area contributed by atoms with Gasteiger partial charge in [-0.3, -0.25) is 14.9 Å². The molecule has 8 nitrogen and oxygen atoms in total. The molecule has 1 aliphatic heterocycles. The van der Waals surface area contributed by atoms with Gasteiger partial charge in [-0.2, -0.15) is 0 Å². The van der Waals surface area contributed by atoms with Gasteiger partial charge in [-0.25, -0.2) is 13.6 Å². The van der Waals surface area contributed by atoms with Crippen molar-refractivity contribution in [3.05, 3.63) is 63.7 Å². The molecule has 32 heavy (non-hydrogen) atoms. The molecule has 1 fully saturated rings. The summed E-state index contributed by atoms with van der Waals surface area (Å²) in [6.07, 6.45) is 1.04. The molecule has 1 saturated heterocycles. The molecule has 2 aromatic rings. The lowest BCUT2D eigenvalue weighted by Crippen LogP contribution is -2.39. The molecular weight excluding hydrogens is 424 g/mol. The van der Waals surface area contributed by atoms with E-state index in [1.807, 2.05) is 4.90 Å². The number of hydrogen-bond acceptors (Lipinski definition) is 6. The lowest BCUT2D eigenvalue weighted by atomic mass is 9.91. The summed E-state index contributed by atoms with van der Waals surface area (Å²) in [5, 5.41) is 13.8. The highest BCUT2D eigenvalue weighted by atomic mass is 19.1. The molecule has 2 unspecified atom stereocenters. The van der Waals surface area contributed by atoms with Crippen LogP contribution in [0.1, 0.15) is 30.6 Å². The maximum absolute atomic E-state index is 13.6. The van der Waals surface area contributed by atoms with Crippen LogP contribution in [0, 0.1) is 33.6 Å². The van der Waals surface area contributed by atoms with E-state index in [0.29, 0.717) is 36.7 Å². The van der Waals surface area contributed by atoms with E-state index in [9.17, 15) is 28.5 Å². The van der Waals surface area contributed by atoms with Gasteiger partial charge in [0.2, 0.25) is 0 Å². The molecule has 1 amide bonds. The monoisotopic (exact) mass is 447 g/mol. The first-order valence-electron chi connectivity index (χ1n) is 10.1. The van der Waals surface area contributed by atoms with Gasteiger partial charge in [0.25, 0.3) is 11.6 Å². The first-order chi connectivity index (χ1) is 15.1. The number of nitrogens with zero attached hydrogens (tertiary/aromatic N) is 2. The number of nitro benzene ring substituents is 1. The molecule has 1 heterocycles. The smallest absolute Gasteiger partial charge is 0.338 e. The lowest BCUT2D eigenvalue weighted by Gasteiger charge is -2.36. The van der Waals surface area contributed by atoms with Crippen molar-refractivity contribution in [1.29, 1.82) is 0 Å². The fraction of sp³-hybridized carbons (Fsp3) is 0.364. The number of rotatable bonds is 6. The number of carbonyl (C=O) groups excluding carboxylic acids is 2. The maximum atomic E-state index is 13.6. The standard InChI is InChI=1S/C22H23F2N3O5/c1-13-7-14(2)11-26(10-13)19-6-3-15(8-20(19)27(30)31)22(29)32-12-21(28)25-18-5-4-16(23)9-17(18)24/h3-6,8-9,13-14H,7,10-12H2,1-2H3,(H,25,28). The Labute approximate surface area is 183 Å². The van der Waals surface area contributed by atoms with Gasteiger partial charge < -0.3 is 15.0 Å². The Bertz CT molecular complexity index is 1040. The first kappa shape index (κ1) is 23.1. The molecule has 0 bridgehead atoms. The summed E-state index contributed by atoms with van der Waals surface area (Å²) in [7, 11) is 0. The Morgan fingerprint density at radius 3 is 2.47 bits per heavy atom. The van der Waals surface area contributed by atoms with Gasteiger partial charge in [-0.05, 0) is 42.5 Å². The van der Waals surface area contributed by atoms with Crippen molar-refractivity contribution in [3.8, 4) is 0 Å². The third kappa shape index (κ3) is 5.57. The molecule has 0 aliphatic carbocycles. The number of benzene rings is 2. The number of hydrogen-bond donors (Lipinski definition) is 1. The van der Waals surface area contributed by atoms with Crippen molar-refractivity contribution in [3.63, 3.8) is 0 Å². The van der Waals surface area contributed by atoms with E-state index in [1.54, 1.807) is 0 Å². The van der Waals surface area contributed by atoms with Gasteiger partial charge in [-0.1, -0.05) is 13.8 Å². The average Bonchev–Trinajstić information content (AvgIpc) is 2.73. The zero-order valence-corrected chi connectivity index (χ0v) is 17.6. The fourth-order valence-corrected chi connectivity index (χ4v) is 3.92. The SMILES string of the molecule is CC1CC(C)CN(c2ccc(C(=O)OCC(=O)Nc3ccc(F)cc3F)cc2[N+](=O)[O-])C1. The second-order valence-corrected chi connectivity index (χ2v) is 8.06. The van der Waals surface area contributed by atoms with Crippen LogP contribution in [0.15, 0.2) is 36.4 Å². The van der Waals surface area contributed by atoms with Crippen LogP contribution >= 0.6 is 0 Å². The molecule has 170 valence electrons. The quantitative estimate of drug-likeness (QED) is 0.406. The van der Waals surface area contributed by atoms with Crippen molar-refractivity contribution < 1.29 is 28.0 Å². The summed E-state index contributed by atoms with van der Waals surface area (Å²) in [6, 6.07) is 6.65. The minimum absolute atomic E-state index is 0.0840. The minimum atomic E-state index is -0.975. The molecule has 0 spiro atoms. The van der Waals surface area contributed by atoms with Crippen LogP contribution in [0.25, 0.3) is 0 Å². The summed E-state index contributed by atoms with van der Waals surface area (Å²) in [6.45, 7) is 4.78. The zero-order chi connectivity index (χ0) is 23.4. The number of amides is 1. The highest BCUT2D eigenvalue weighted by molar-refractivity contribution is 5.96. The number of piperidine rings is 1. The zero-order valence-electron chi connectivity index (χ0n) is 17.6. The third-order valence-corrected chi connectivity index (χ3v) is 5.16. The van der Waals surface area contributed by atoms with Crippen LogP contribution in [0.5, 0.6) is 0 Å². The van der Waals surface area contributed by atoms with Crippen LogP contribution in [-0.4, -0.2) is 36.5 Å². The Kier molecular flexibility index (Phi) is 7.01. The molecule has 1 N–H and O–H groups in total. The molecule has 10 heteroatoms. The van der Waals surface area contributed by atoms with Gasteiger partial charge in [0, 0.05) is 25.2 Å². The molecule has 1 aliphatic rings. The van der Waals surface area contributed by atoms with Crippen molar-refractivity contribution >= 4 is 28.9 Å². The topological polar surface area (TPSA) is 102 Å². The van der Waals surface area contributed by atoms with Crippen molar-refractivity contribution in [2.75, 3.05) is 29.9 Å². The second kappa shape index (κ2) is 9.71. The van der Waals surface area contributed by atoms with E-state index in [0.717, 1.165) is 24.6 Å². The predicted molar refractivity (Wildman–Crippen MR) is 114 cm³/mol. The van der Waals surface area contributed by atoms with E-state index in [-0.39, 0.29) is 16.9 Å². The summed E-state index contributed by atoms with van der Waals surface area (Å²) >= 11 is 0. The van der Waals surface area contributed by atoms with E-state index in [2.05, 4.69) is 19.2 Å². The van der Waals surface area contributed by atoms with Crippen molar-refractivity contribution in [1.82, 2.24) is 0 Å². The number of halogens is 2. The Balaban J connectivity index is 1.68. The van der Waals surface area contributed by atoms with Crippen LogP contribution in [0.4, 0.5) is 25.8 Å². The van der Waals surface area contributed by atoms with Crippen molar-refractivity contribution in [2.45, 2.75) is 20.3 Å². The molecule has 0 aromatic heterocycles. The number of esters is 1. The van der Waals surface area contributed by atoms with Crippen LogP contribution in [-0.2, 0) is 9.53 Å². The highest BCUT2D eigenvalue weighted by Gasteiger charge is 2.28. The number of ether oxygens (including phenoxy) is 1. The van der Waals surface area contributed by atoms with E-state index < -0.39 is 35.0 Å². The highest BCUT2D eigenvalue weighted by Crippen LogP contribution is 2.34. The summed E-state index contributed by atoms with van der Waals surface area (Å²) in [5.74, 6) is -2.79. The minimum Gasteiger partial charge on any atom is -0.452 e. The van der Waals surface area contributed by atoms with E-state index in [4.69, 9.17) is 4.74 Å². The number of anilines is 2. The van der Waals surface area contributed by atoms with Crippen LogP contribution in [0.3, 0.4) is 0 Å². The molecule has 2 atom stereocenters. The third-order valence-electron chi connectivity index (χ3n) is 5.16. The summed E-state index contributed by atoms with van der Waals surface area (Å²) in [4.78, 5) is 37.3. The molecule has 3 rings (SSSR count). The molecule has 0 radical (unpaired) electrons. The lowest BCUT2D eigenvalue weighted by molar-refractivity contribution is -0.384. The molecule has 0 saturated carbocycles. The average molecular weight is 447 g/mol. The molecule has 2 aromatic carbocycles. The van der Waals surface area contributed by atoms with Crippen LogP contribution < -0.4 is 10.2 Å². The normalized spacial score (nSPS) is 18.2. The van der Waals surface area contributed by atoms with E-state index in [1.165, 1.54) is 12.1 Å². The Morgan fingerprint density at radius 1 is 1.16 bits per heavy atom. The van der Waals surface area contributed by atoms with Gasteiger partial charge in [-0.15, -0.1) is 0 Å². The maximum Gasteiger partial charge on any atom is 0.338 e. The predicted octanol–water partition coefficient (Wildman–Crippen LogP) is 4.15. The Hall–Kier alpha value is -3.56. The van der Waals surface area contributed by atoms with Gasteiger partial charge in [0.1, 0.15) is 17.3 Å². The number of nitrogens with one attached hydrogen (secondary N) is 1. The van der Waals surface area contributed by atoms with E-state index >= 15 is 0 Å². The fourth-order valence-electron chi connectivity index (χ4n) is 3.92. The van der Waals surface area contributed by atoms with Crippen LogP contribution in [0.2, 0.25) is 0 Å². The van der Waals surface area contributed by atoms with Gasteiger partial charge >= 0.3 is 5.97 Å². The summed E-state index contributed by atoms with van der Waals surface area (Å²) < 4.78 is 31.4. The van der Waals surface area contributed by atoms with Gasteiger partial charge in [0.05, 0.1) is 16.2 Å². The Morgan fingerprint density at radius 2 is 1.84 bits per heavy atom. The number of nitro groups is 1. The van der Waals surface area contributed by atoms with Crippen molar-refractivity contribution in [2.24, 2.45) is 11.8 Å². The summed E-state index contributed by atoms with van der Waals surface area (Å²) in [5.41, 5.74) is -0.148. The van der Waals surface area contributed by atoms with Gasteiger partial charge in [0.15, 0.2) is 6.61 Å². The molecular formula is C22H23F2N3O5. The second-order valence-electron chi connectivity index (χ2n) is 8.06.